The molecule has 0 spiro atoms. The van der Waals surface area contributed by atoms with Crippen molar-refractivity contribution in [1.29, 1.82) is 0 Å². The molecule has 0 N–H and O–H groups in total. The Balaban J connectivity index is 1.34. The van der Waals surface area contributed by atoms with E-state index in [4.69, 9.17) is 0 Å². The Hall–Kier alpha value is -1.88. The lowest BCUT2D eigenvalue weighted by molar-refractivity contribution is 0.0767. The van der Waals surface area contributed by atoms with Gasteiger partial charge in [-0.3, -0.25) is 4.79 Å². The number of aromatic nitrogens is 2. The first-order chi connectivity index (χ1) is 12.6. The molecule has 2 aliphatic rings. The number of hydrogen-bond donors (Lipinski definition) is 0. The second kappa shape index (κ2) is 7.39. The van der Waals surface area contributed by atoms with Gasteiger partial charge in [0.2, 0.25) is 0 Å². The highest BCUT2D eigenvalue weighted by atomic mass is 16.2. The molecule has 0 saturated carbocycles. The van der Waals surface area contributed by atoms with E-state index in [-0.39, 0.29) is 5.91 Å². The van der Waals surface area contributed by atoms with Gasteiger partial charge in [-0.15, -0.1) is 0 Å². The van der Waals surface area contributed by atoms with Gasteiger partial charge >= 0.3 is 0 Å². The summed E-state index contributed by atoms with van der Waals surface area (Å²) in [5.41, 5.74) is 1.41. The predicted molar refractivity (Wildman–Crippen MR) is 103 cm³/mol. The number of pyridine rings is 1. The lowest BCUT2D eigenvalue weighted by Crippen LogP contribution is -2.39. The summed E-state index contributed by atoms with van der Waals surface area (Å²) in [4.78, 5) is 22.0. The third kappa shape index (κ3) is 3.63. The topological polar surface area (TPSA) is 40.9 Å². The summed E-state index contributed by atoms with van der Waals surface area (Å²) in [7, 11) is 0. The van der Waals surface area contributed by atoms with E-state index in [1.54, 1.807) is 0 Å². The molecule has 2 fully saturated rings. The van der Waals surface area contributed by atoms with Crippen molar-refractivity contribution in [3.8, 4) is 0 Å². The number of piperidine rings is 1. The van der Waals surface area contributed by atoms with E-state index in [2.05, 4.69) is 23.7 Å². The number of carbonyl (C=O) groups is 1. The average molecular weight is 354 g/mol. The number of likely N-dealkylation sites (tertiary alicyclic amines) is 2. The van der Waals surface area contributed by atoms with Gasteiger partial charge in [-0.25, -0.2) is 4.98 Å². The highest BCUT2D eigenvalue weighted by molar-refractivity contribution is 5.93. The molecule has 26 heavy (non-hydrogen) atoms. The van der Waals surface area contributed by atoms with E-state index >= 15 is 0 Å². The number of carbonyl (C=O) groups excluding carboxylic acids is 1. The zero-order valence-electron chi connectivity index (χ0n) is 16.0. The Kier molecular flexibility index (Phi) is 4.98. The minimum absolute atomic E-state index is 0.0912. The van der Waals surface area contributed by atoms with Gasteiger partial charge in [0.25, 0.3) is 5.91 Å². The van der Waals surface area contributed by atoms with Gasteiger partial charge in [0.05, 0.1) is 0 Å². The maximum atomic E-state index is 12.9. The molecule has 5 nitrogen and oxygen atoms in total. The van der Waals surface area contributed by atoms with E-state index in [1.165, 1.54) is 32.5 Å². The van der Waals surface area contributed by atoms with Crippen LogP contribution in [-0.4, -0.2) is 57.8 Å². The molecular weight excluding hydrogens is 324 g/mol. The smallest absolute Gasteiger partial charge is 0.274 e. The van der Waals surface area contributed by atoms with E-state index in [0.29, 0.717) is 11.6 Å². The zero-order chi connectivity index (χ0) is 18.1. The Labute approximate surface area is 156 Å². The van der Waals surface area contributed by atoms with Crippen molar-refractivity contribution in [3.63, 3.8) is 0 Å². The molecule has 0 unspecified atom stereocenters. The maximum absolute atomic E-state index is 12.9. The fourth-order valence-electron chi connectivity index (χ4n) is 4.68. The molecule has 4 rings (SSSR count). The molecule has 1 atom stereocenters. The van der Waals surface area contributed by atoms with Gasteiger partial charge in [0.1, 0.15) is 11.3 Å². The third-order valence-corrected chi connectivity index (χ3v) is 6.02. The lowest BCUT2D eigenvalue weighted by Gasteiger charge is -2.35. The highest BCUT2D eigenvalue weighted by Gasteiger charge is 2.34. The Bertz CT molecular complexity index is 727. The lowest BCUT2D eigenvalue weighted by atomic mass is 9.83. The summed E-state index contributed by atoms with van der Waals surface area (Å²) in [6.45, 7) is 10.0. The minimum atomic E-state index is 0.0912. The molecule has 0 bridgehead atoms. The number of amides is 1. The van der Waals surface area contributed by atoms with Gasteiger partial charge in [-0.2, -0.15) is 0 Å². The fourth-order valence-corrected chi connectivity index (χ4v) is 4.68. The minimum Gasteiger partial charge on any atom is -0.337 e. The summed E-state index contributed by atoms with van der Waals surface area (Å²) < 4.78 is 1.92. The first-order valence-electron chi connectivity index (χ1n) is 10.1. The summed E-state index contributed by atoms with van der Waals surface area (Å²) >= 11 is 0. The summed E-state index contributed by atoms with van der Waals surface area (Å²) in [5.74, 6) is 2.28. The van der Waals surface area contributed by atoms with Gasteiger partial charge in [-0.1, -0.05) is 19.9 Å². The molecule has 140 valence electrons. The van der Waals surface area contributed by atoms with Crippen LogP contribution in [0.15, 0.2) is 30.6 Å². The van der Waals surface area contributed by atoms with Crippen LogP contribution in [0.2, 0.25) is 0 Å². The average Bonchev–Trinajstić information content (AvgIpc) is 3.28. The first kappa shape index (κ1) is 17.5. The molecule has 0 aromatic carbocycles. The molecule has 4 heterocycles. The molecular formula is C21H30N4O. The van der Waals surface area contributed by atoms with Crippen molar-refractivity contribution in [1.82, 2.24) is 19.2 Å². The largest absolute Gasteiger partial charge is 0.337 e. The molecule has 2 aromatic heterocycles. The SMILES string of the molecule is CC(C)CN1CCC([C@H]2CCN(C(=O)c3cn4ccccc4n3)C2)CC1. The van der Waals surface area contributed by atoms with Gasteiger partial charge < -0.3 is 14.2 Å². The summed E-state index contributed by atoms with van der Waals surface area (Å²) in [6, 6.07) is 5.85. The standard InChI is InChI=1S/C21H30N4O/c1-16(2)13-23-10-6-17(7-11-23)18-8-12-25(14-18)21(26)19-15-24-9-4-3-5-20(24)22-19/h3-5,9,15-18H,6-8,10-14H2,1-2H3/t18-/m0/s1. The normalized spacial score (nSPS) is 22.6. The van der Waals surface area contributed by atoms with Crippen molar-refractivity contribution in [2.45, 2.75) is 33.1 Å². The van der Waals surface area contributed by atoms with Crippen LogP contribution in [0.4, 0.5) is 0 Å². The van der Waals surface area contributed by atoms with Crippen LogP contribution in [0.1, 0.15) is 43.6 Å². The van der Waals surface area contributed by atoms with Gasteiger partial charge in [-0.05, 0) is 62.2 Å². The number of nitrogens with zero attached hydrogens (tertiary/aromatic N) is 4. The third-order valence-electron chi connectivity index (χ3n) is 6.02. The summed E-state index contributed by atoms with van der Waals surface area (Å²) in [5, 5.41) is 0. The van der Waals surface area contributed by atoms with Crippen LogP contribution in [0.3, 0.4) is 0 Å². The van der Waals surface area contributed by atoms with Crippen LogP contribution < -0.4 is 0 Å². The molecule has 5 heteroatoms. The second-order valence-electron chi connectivity index (χ2n) is 8.42. The van der Waals surface area contributed by atoms with E-state index in [9.17, 15) is 4.79 Å². The maximum Gasteiger partial charge on any atom is 0.274 e. The van der Waals surface area contributed by atoms with Crippen LogP contribution in [-0.2, 0) is 0 Å². The summed E-state index contributed by atoms with van der Waals surface area (Å²) in [6.07, 6.45) is 7.52. The number of fused-ring (bicyclic) bond motifs is 1. The Morgan fingerprint density at radius 1 is 1.15 bits per heavy atom. The predicted octanol–water partition coefficient (Wildman–Crippen LogP) is 3.16. The highest BCUT2D eigenvalue weighted by Crippen LogP contribution is 2.32. The first-order valence-corrected chi connectivity index (χ1v) is 10.1. The van der Waals surface area contributed by atoms with Crippen LogP contribution in [0, 0.1) is 17.8 Å². The second-order valence-corrected chi connectivity index (χ2v) is 8.42. The van der Waals surface area contributed by atoms with E-state index < -0.39 is 0 Å². The molecule has 0 radical (unpaired) electrons. The molecule has 2 aromatic rings. The van der Waals surface area contributed by atoms with Crippen molar-refractivity contribution in [2.75, 3.05) is 32.7 Å². The van der Waals surface area contributed by atoms with Crippen molar-refractivity contribution < 1.29 is 4.79 Å². The van der Waals surface area contributed by atoms with Crippen molar-refractivity contribution in [2.24, 2.45) is 17.8 Å². The van der Waals surface area contributed by atoms with E-state index in [0.717, 1.165) is 37.0 Å². The van der Waals surface area contributed by atoms with Crippen LogP contribution in [0.5, 0.6) is 0 Å². The van der Waals surface area contributed by atoms with Gasteiger partial charge in [0, 0.05) is 32.0 Å². The quantitative estimate of drug-likeness (QED) is 0.847. The zero-order valence-corrected chi connectivity index (χ0v) is 16.0. The molecule has 2 aliphatic heterocycles. The monoisotopic (exact) mass is 354 g/mol. The molecule has 0 aliphatic carbocycles. The molecule has 2 saturated heterocycles. The Morgan fingerprint density at radius 2 is 1.92 bits per heavy atom. The van der Waals surface area contributed by atoms with E-state index in [1.807, 2.05) is 39.9 Å². The molecule has 1 amide bonds. The van der Waals surface area contributed by atoms with Crippen LogP contribution >= 0.6 is 0 Å². The van der Waals surface area contributed by atoms with Crippen molar-refractivity contribution in [3.05, 3.63) is 36.3 Å². The number of rotatable bonds is 4. The van der Waals surface area contributed by atoms with Crippen LogP contribution in [0.25, 0.3) is 5.65 Å². The fraction of sp³-hybridized carbons (Fsp3) is 0.619. The number of hydrogen-bond acceptors (Lipinski definition) is 3. The van der Waals surface area contributed by atoms with Crippen molar-refractivity contribution >= 4 is 11.6 Å². The number of imidazole rings is 1. The Morgan fingerprint density at radius 3 is 2.65 bits per heavy atom. The van der Waals surface area contributed by atoms with Gasteiger partial charge in [0.15, 0.2) is 0 Å².